The van der Waals surface area contributed by atoms with Crippen LogP contribution in [0.5, 0.6) is 0 Å². The highest BCUT2D eigenvalue weighted by Crippen LogP contribution is 2.39. The van der Waals surface area contributed by atoms with Crippen LogP contribution in [0, 0.1) is 6.92 Å². The van der Waals surface area contributed by atoms with E-state index >= 15 is 0 Å². The number of hydrogen-bond acceptors (Lipinski definition) is 3. The van der Waals surface area contributed by atoms with Crippen molar-refractivity contribution in [3.8, 4) is 0 Å². The second kappa shape index (κ2) is 5.86. The molecule has 1 aromatic rings. The van der Waals surface area contributed by atoms with Gasteiger partial charge in [-0.05, 0) is 51.2 Å². The third-order valence-electron chi connectivity index (χ3n) is 4.81. The van der Waals surface area contributed by atoms with Crippen LogP contribution >= 0.6 is 11.8 Å². The minimum absolute atomic E-state index is 0.0487. The summed E-state index contributed by atoms with van der Waals surface area (Å²) in [6.45, 7) is 5.89. The SMILES string of the molecule is Cc1ccccc1CC1(NC(=O)[C@H]2CSC(C)(C)C(=O)N2)CC1. The van der Waals surface area contributed by atoms with Gasteiger partial charge in [0.25, 0.3) is 0 Å². The molecule has 23 heavy (non-hydrogen) atoms. The van der Waals surface area contributed by atoms with Gasteiger partial charge in [-0.15, -0.1) is 11.8 Å². The molecule has 2 N–H and O–H groups in total. The van der Waals surface area contributed by atoms with Crippen LogP contribution in [0.3, 0.4) is 0 Å². The average molecular weight is 332 g/mol. The zero-order valence-corrected chi connectivity index (χ0v) is 14.8. The van der Waals surface area contributed by atoms with Crippen LogP contribution in [-0.2, 0) is 16.0 Å². The Bertz CT molecular complexity index is 638. The van der Waals surface area contributed by atoms with Crippen molar-refractivity contribution < 1.29 is 9.59 Å². The number of benzene rings is 1. The fraction of sp³-hybridized carbons (Fsp3) is 0.556. The maximum Gasteiger partial charge on any atom is 0.243 e. The van der Waals surface area contributed by atoms with Crippen LogP contribution in [0.15, 0.2) is 24.3 Å². The molecule has 1 saturated carbocycles. The molecule has 1 aromatic carbocycles. The average Bonchev–Trinajstić information content (AvgIpc) is 3.24. The smallest absolute Gasteiger partial charge is 0.243 e. The molecule has 5 heteroatoms. The van der Waals surface area contributed by atoms with Gasteiger partial charge >= 0.3 is 0 Å². The highest BCUT2D eigenvalue weighted by molar-refractivity contribution is 8.01. The van der Waals surface area contributed by atoms with Crippen LogP contribution in [-0.4, -0.2) is 33.9 Å². The van der Waals surface area contributed by atoms with E-state index in [0.717, 1.165) is 19.3 Å². The van der Waals surface area contributed by atoms with Gasteiger partial charge < -0.3 is 10.6 Å². The van der Waals surface area contributed by atoms with E-state index in [1.807, 2.05) is 26.0 Å². The van der Waals surface area contributed by atoms with Gasteiger partial charge in [-0.25, -0.2) is 0 Å². The van der Waals surface area contributed by atoms with Gasteiger partial charge in [0.15, 0.2) is 0 Å². The monoisotopic (exact) mass is 332 g/mol. The zero-order valence-electron chi connectivity index (χ0n) is 13.9. The van der Waals surface area contributed by atoms with Gasteiger partial charge in [0, 0.05) is 11.3 Å². The Morgan fingerprint density at radius 1 is 1.35 bits per heavy atom. The van der Waals surface area contributed by atoms with Gasteiger partial charge in [-0.3, -0.25) is 9.59 Å². The van der Waals surface area contributed by atoms with Crippen LogP contribution < -0.4 is 10.6 Å². The number of carbonyl (C=O) groups is 2. The van der Waals surface area contributed by atoms with Crippen molar-refractivity contribution in [2.24, 2.45) is 0 Å². The Morgan fingerprint density at radius 3 is 2.65 bits per heavy atom. The maximum atomic E-state index is 12.5. The number of hydrogen-bond donors (Lipinski definition) is 2. The van der Waals surface area contributed by atoms with Gasteiger partial charge in [-0.2, -0.15) is 0 Å². The molecule has 1 atom stereocenters. The number of rotatable bonds is 4. The number of carbonyl (C=O) groups excluding carboxylic acids is 2. The quantitative estimate of drug-likeness (QED) is 0.889. The molecule has 124 valence electrons. The largest absolute Gasteiger partial charge is 0.349 e. The molecule has 2 aliphatic rings. The minimum atomic E-state index is -0.449. The molecule has 2 fully saturated rings. The second-order valence-electron chi connectivity index (χ2n) is 7.22. The Hall–Kier alpha value is -1.49. The van der Waals surface area contributed by atoms with E-state index in [-0.39, 0.29) is 17.4 Å². The third-order valence-corrected chi connectivity index (χ3v) is 6.22. The molecular weight excluding hydrogens is 308 g/mol. The Kier molecular flexibility index (Phi) is 4.17. The van der Waals surface area contributed by atoms with Crippen molar-refractivity contribution >= 4 is 23.6 Å². The van der Waals surface area contributed by atoms with E-state index in [1.165, 1.54) is 11.1 Å². The molecule has 1 aliphatic heterocycles. The van der Waals surface area contributed by atoms with Crippen molar-refractivity contribution in [1.82, 2.24) is 10.6 Å². The number of aryl methyl sites for hydroxylation is 1. The molecule has 0 radical (unpaired) electrons. The summed E-state index contributed by atoms with van der Waals surface area (Å²) in [7, 11) is 0. The summed E-state index contributed by atoms with van der Waals surface area (Å²) in [6.07, 6.45) is 2.88. The predicted octanol–water partition coefficient (Wildman–Crippen LogP) is 2.20. The lowest BCUT2D eigenvalue weighted by Gasteiger charge is -2.33. The van der Waals surface area contributed by atoms with Crippen molar-refractivity contribution in [2.45, 2.75) is 56.4 Å². The van der Waals surface area contributed by atoms with Crippen molar-refractivity contribution in [2.75, 3.05) is 5.75 Å². The first-order valence-corrected chi connectivity index (χ1v) is 9.11. The highest BCUT2D eigenvalue weighted by Gasteiger charge is 2.46. The number of thioether (sulfide) groups is 1. The lowest BCUT2D eigenvalue weighted by atomic mass is 9.99. The lowest BCUT2D eigenvalue weighted by molar-refractivity contribution is -0.130. The van der Waals surface area contributed by atoms with E-state index in [9.17, 15) is 9.59 Å². The van der Waals surface area contributed by atoms with Crippen LogP contribution in [0.25, 0.3) is 0 Å². The zero-order chi connectivity index (χ0) is 16.7. The van der Waals surface area contributed by atoms with E-state index < -0.39 is 10.8 Å². The number of amides is 2. The summed E-state index contributed by atoms with van der Waals surface area (Å²) in [5.41, 5.74) is 2.43. The van der Waals surface area contributed by atoms with Gasteiger partial charge in [-0.1, -0.05) is 24.3 Å². The number of nitrogens with one attached hydrogen (secondary N) is 2. The van der Waals surface area contributed by atoms with Crippen molar-refractivity contribution in [1.29, 1.82) is 0 Å². The first-order chi connectivity index (χ1) is 10.8. The van der Waals surface area contributed by atoms with Gasteiger partial charge in [0.2, 0.25) is 11.8 Å². The fourth-order valence-electron chi connectivity index (χ4n) is 2.89. The summed E-state index contributed by atoms with van der Waals surface area (Å²) >= 11 is 1.54. The molecule has 3 rings (SSSR count). The lowest BCUT2D eigenvalue weighted by Crippen LogP contribution is -2.58. The summed E-state index contributed by atoms with van der Waals surface area (Å²) < 4.78 is -0.449. The molecule has 1 saturated heterocycles. The molecule has 1 heterocycles. The Labute approximate surface area is 141 Å². The predicted molar refractivity (Wildman–Crippen MR) is 93.5 cm³/mol. The van der Waals surface area contributed by atoms with Crippen LogP contribution in [0.2, 0.25) is 0 Å². The Morgan fingerprint density at radius 2 is 2.04 bits per heavy atom. The standard InChI is InChI=1S/C18H24N2O2S/c1-12-6-4-5-7-13(12)10-18(8-9-18)20-15(21)14-11-23-17(2,3)16(22)19-14/h4-7,14H,8-11H2,1-3H3,(H,19,22)(H,20,21)/t14-/m1/s1. The molecule has 1 aliphatic carbocycles. The topological polar surface area (TPSA) is 58.2 Å². The first-order valence-electron chi connectivity index (χ1n) is 8.13. The van der Waals surface area contributed by atoms with E-state index in [4.69, 9.17) is 0 Å². The fourth-order valence-corrected chi connectivity index (χ4v) is 3.90. The van der Waals surface area contributed by atoms with Crippen LogP contribution in [0.1, 0.15) is 37.8 Å². The summed E-state index contributed by atoms with van der Waals surface area (Å²) in [5.74, 6) is 0.524. The second-order valence-corrected chi connectivity index (χ2v) is 8.86. The van der Waals surface area contributed by atoms with E-state index in [1.54, 1.807) is 11.8 Å². The van der Waals surface area contributed by atoms with Gasteiger partial charge in [0.05, 0.1) is 4.75 Å². The highest BCUT2D eigenvalue weighted by atomic mass is 32.2. The summed E-state index contributed by atoms with van der Waals surface area (Å²) in [4.78, 5) is 24.6. The van der Waals surface area contributed by atoms with E-state index in [0.29, 0.717) is 5.75 Å². The molecule has 0 unspecified atom stereocenters. The van der Waals surface area contributed by atoms with Crippen LogP contribution in [0.4, 0.5) is 0 Å². The molecular formula is C18H24N2O2S. The van der Waals surface area contributed by atoms with Gasteiger partial charge in [0.1, 0.15) is 6.04 Å². The molecule has 2 amide bonds. The Balaban J connectivity index is 1.62. The van der Waals surface area contributed by atoms with Crippen molar-refractivity contribution in [3.05, 3.63) is 35.4 Å². The van der Waals surface area contributed by atoms with E-state index in [2.05, 4.69) is 29.7 Å². The summed E-state index contributed by atoms with van der Waals surface area (Å²) in [5, 5.41) is 6.05. The first kappa shape index (κ1) is 16.4. The normalized spacial score (nSPS) is 24.7. The van der Waals surface area contributed by atoms with Crippen molar-refractivity contribution in [3.63, 3.8) is 0 Å². The minimum Gasteiger partial charge on any atom is -0.349 e. The summed E-state index contributed by atoms with van der Waals surface area (Å²) in [6, 6.07) is 7.89. The molecule has 0 aromatic heterocycles. The molecule has 4 nitrogen and oxygen atoms in total. The maximum absolute atomic E-state index is 12.5. The molecule has 0 spiro atoms. The third kappa shape index (κ3) is 3.55. The molecule has 0 bridgehead atoms.